The summed E-state index contributed by atoms with van der Waals surface area (Å²) in [5, 5.41) is 8.92. The normalized spacial score (nSPS) is 10.1. The molecule has 0 aliphatic carbocycles. The molecule has 19 heavy (non-hydrogen) atoms. The van der Waals surface area contributed by atoms with Gasteiger partial charge in [-0.15, -0.1) is 6.58 Å². The van der Waals surface area contributed by atoms with E-state index in [1.54, 1.807) is 6.08 Å². The molecule has 0 saturated carbocycles. The van der Waals surface area contributed by atoms with Crippen LogP contribution in [-0.4, -0.2) is 42.2 Å². The van der Waals surface area contributed by atoms with Gasteiger partial charge in [0.2, 0.25) is 0 Å². The van der Waals surface area contributed by atoms with E-state index >= 15 is 0 Å². The molecule has 1 amide bonds. The fourth-order valence-electron chi connectivity index (χ4n) is 1.85. The number of para-hydroxylation sites is 1. The Morgan fingerprint density at radius 2 is 2.05 bits per heavy atom. The van der Waals surface area contributed by atoms with E-state index in [9.17, 15) is 4.79 Å². The Hall–Kier alpha value is -1.81. The number of carbonyl (C=O) groups excluding carboxylic acids is 1. The first-order valence-corrected chi connectivity index (χ1v) is 6.28. The van der Waals surface area contributed by atoms with Crippen LogP contribution in [0.15, 0.2) is 30.9 Å². The van der Waals surface area contributed by atoms with Gasteiger partial charge in [0, 0.05) is 13.1 Å². The number of benzene rings is 1. The molecule has 1 rings (SSSR count). The Labute approximate surface area is 114 Å². The van der Waals surface area contributed by atoms with E-state index < -0.39 is 0 Å². The number of rotatable bonds is 7. The van der Waals surface area contributed by atoms with E-state index in [1.807, 2.05) is 32.0 Å². The molecular weight excluding hydrogens is 242 g/mol. The Bertz CT molecular complexity index is 423. The summed E-state index contributed by atoms with van der Waals surface area (Å²) < 4.78 is 5.60. The van der Waals surface area contributed by atoms with Gasteiger partial charge in [-0.3, -0.25) is 4.79 Å². The summed E-state index contributed by atoms with van der Waals surface area (Å²) in [7, 11) is 0. The van der Waals surface area contributed by atoms with Crippen molar-refractivity contribution in [3.8, 4) is 5.75 Å². The molecule has 0 aliphatic rings. The maximum atomic E-state index is 12.0. The Morgan fingerprint density at radius 1 is 1.42 bits per heavy atom. The van der Waals surface area contributed by atoms with E-state index in [1.165, 1.54) is 4.90 Å². The number of ether oxygens (including phenoxy) is 1. The molecule has 0 aliphatic heterocycles. The maximum Gasteiger partial charge on any atom is 0.260 e. The lowest BCUT2D eigenvalue weighted by Gasteiger charge is -2.20. The fraction of sp³-hybridized carbons (Fsp3) is 0.400. The second-order valence-corrected chi connectivity index (χ2v) is 4.36. The van der Waals surface area contributed by atoms with E-state index in [2.05, 4.69) is 6.58 Å². The van der Waals surface area contributed by atoms with E-state index in [4.69, 9.17) is 9.84 Å². The van der Waals surface area contributed by atoms with Crippen LogP contribution in [0, 0.1) is 13.8 Å². The van der Waals surface area contributed by atoms with Gasteiger partial charge in [0.1, 0.15) is 5.75 Å². The van der Waals surface area contributed by atoms with E-state index in [0.29, 0.717) is 13.1 Å². The molecule has 1 aromatic carbocycles. The first-order valence-electron chi connectivity index (χ1n) is 6.28. The largest absolute Gasteiger partial charge is 0.483 e. The van der Waals surface area contributed by atoms with Gasteiger partial charge in [-0.25, -0.2) is 0 Å². The summed E-state index contributed by atoms with van der Waals surface area (Å²) in [6.07, 6.45) is 1.63. The summed E-state index contributed by atoms with van der Waals surface area (Å²) in [4.78, 5) is 13.5. The van der Waals surface area contributed by atoms with Gasteiger partial charge in [0.25, 0.3) is 5.91 Å². The molecule has 0 spiro atoms. The second kappa shape index (κ2) is 7.59. The zero-order valence-corrected chi connectivity index (χ0v) is 11.6. The molecule has 0 atom stereocenters. The van der Waals surface area contributed by atoms with Gasteiger partial charge in [0.15, 0.2) is 6.61 Å². The van der Waals surface area contributed by atoms with Crippen molar-refractivity contribution in [3.05, 3.63) is 42.0 Å². The van der Waals surface area contributed by atoms with Crippen molar-refractivity contribution in [1.29, 1.82) is 0 Å². The van der Waals surface area contributed by atoms with Crippen LogP contribution in [0.3, 0.4) is 0 Å². The van der Waals surface area contributed by atoms with Gasteiger partial charge >= 0.3 is 0 Å². The SMILES string of the molecule is C=CCN(CCO)C(=O)COc1c(C)cccc1C. The standard InChI is InChI=1S/C15H21NO3/c1-4-8-16(9-10-17)14(18)11-19-15-12(2)6-5-7-13(15)3/h4-7,17H,1,8-11H2,2-3H3. The van der Waals surface area contributed by atoms with E-state index in [0.717, 1.165) is 16.9 Å². The van der Waals surface area contributed by atoms with Gasteiger partial charge in [0.05, 0.1) is 6.61 Å². The molecule has 0 radical (unpaired) electrons. The summed E-state index contributed by atoms with van der Waals surface area (Å²) >= 11 is 0. The highest BCUT2D eigenvalue weighted by atomic mass is 16.5. The summed E-state index contributed by atoms with van der Waals surface area (Å²) in [6.45, 7) is 8.10. The molecule has 0 heterocycles. The lowest BCUT2D eigenvalue weighted by Crippen LogP contribution is -2.37. The van der Waals surface area contributed by atoms with Gasteiger partial charge in [-0.2, -0.15) is 0 Å². The minimum absolute atomic E-state index is 0.0282. The zero-order valence-electron chi connectivity index (χ0n) is 11.6. The van der Waals surface area contributed by atoms with Crippen LogP contribution >= 0.6 is 0 Å². The van der Waals surface area contributed by atoms with Crippen molar-refractivity contribution >= 4 is 5.91 Å². The third kappa shape index (κ3) is 4.41. The molecule has 0 bridgehead atoms. The lowest BCUT2D eigenvalue weighted by atomic mass is 10.1. The van der Waals surface area contributed by atoms with Gasteiger partial charge < -0.3 is 14.7 Å². The Morgan fingerprint density at radius 3 is 2.58 bits per heavy atom. The Balaban J connectivity index is 2.64. The van der Waals surface area contributed by atoms with Crippen LogP contribution in [-0.2, 0) is 4.79 Å². The van der Waals surface area contributed by atoms with Crippen molar-refractivity contribution < 1.29 is 14.6 Å². The molecular formula is C15H21NO3. The predicted molar refractivity (Wildman–Crippen MR) is 75.3 cm³/mol. The molecule has 4 nitrogen and oxygen atoms in total. The number of amides is 1. The highest BCUT2D eigenvalue weighted by Crippen LogP contribution is 2.22. The second-order valence-electron chi connectivity index (χ2n) is 4.36. The van der Waals surface area contributed by atoms with Crippen molar-refractivity contribution in [1.82, 2.24) is 4.90 Å². The van der Waals surface area contributed by atoms with Crippen molar-refractivity contribution in [2.75, 3.05) is 26.3 Å². The average Bonchev–Trinajstić information content (AvgIpc) is 2.37. The number of hydrogen-bond donors (Lipinski definition) is 1. The zero-order chi connectivity index (χ0) is 14.3. The highest BCUT2D eigenvalue weighted by Gasteiger charge is 2.13. The molecule has 1 aromatic rings. The number of carbonyl (C=O) groups is 1. The Kier molecular flexibility index (Phi) is 6.09. The van der Waals surface area contributed by atoms with Gasteiger partial charge in [-0.1, -0.05) is 24.3 Å². The monoisotopic (exact) mass is 263 g/mol. The third-order valence-corrected chi connectivity index (χ3v) is 2.82. The number of hydrogen-bond acceptors (Lipinski definition) is 3. The number of nitrogens with zero attached hydrogens (tertiary/aromatic N) is 1. The first-order chi connectivity index (χ1) is 9.10. The maximum absolute atomic E-state index is 12.0. The molecule has 0 saturated heterocycles. The summed E-state index contributed by atoms with van der Waals surface area (Å²) in [5.41, 5.74) is 2.01. The fourth-order valence-corrected chi connectivity index (χ4v) is 1.85. The highest BCUT2D eigenvalue weighted by molar-refractivity contribution is 5.78. The van der Waals surface area contributed by atoms with Crippen LogP contribution in [0.2, 0.25) is 0 Å². The molecule has 0 unspecified atom stereocenters. The van der Waals surface area contributed by atoms with Crippen LogP contribution in [0.25, 0.3) is 0 Å². The van der Waals surface area contributed by atoms with Crippen LogP contribution < -0.4 is 4.74 Å². The number of aliphatic hydroxyl groups excluding tert-OH is 1. The third-order valence-electron chi connectivity index (χ3n) is 2.82. The smallest absolute Gasteiger partial charge is 0.260 e. The van der Waals surface area contributed by atoms with Crippen molar-refractivity contribution in [2.24, 2.45) is 0 Å². The van der Waals surface area contributed by atoms with Crippen molar-refractivity contribution in [3.63, 3.8) is 0 Å². The quantitative estimate of drug-likeness (QED) is 0.762. The summed E-state index contributed by atoms with van der Waals surface area (Å²) in [5.74, 6) is 0.593. The summed E-state index contributed by atoms with van der Waals surface area (Å²) in [6, 6.07) is 5.85. The van der Waals surface area contributed by atoms with E-state index in [-0.39, 0.29) is 19.1 Å². The first kappa shape index (κ1) is 15.2. The van der Waals surface area contributed by atoms with Crippen LogP contribution in [0.4, 0.5) is 0 Å². The molecule has 104 valence electrons. The average molecular weight is 263 g/mol. The predicted octanol–water partition coefficient (Wildman–Crippen LogP) is 1.69. The van der Waals surface area contributed by atoms with Crippen LogP contribution in [0.5, 0.6) is 5.75 Å². The van der Waals surface area contributed by atoms with Crippen LogP contribution in [0.1, 0.15) is 11.1 Å². The molecule has 0 aromatic heterocycles. The van der Waals surface area contributed by atoms with Crippen molar-refractivity contribution in [2.45, 2.75) is 13.8 Å². The topological polar surface area (TPSA) is 49.8 Å². The minimum atomic E-state index is -0.156. The van der Waals surface area contributed by atoms with Gasteiger partial charge in [-0.05, 0) is 25.0 Å². The minimum Gasteiger partial charge on any atom is -0.483 e. The lowest BCUT2D eigenvalue weighted by molar-refractivity contribution is -0.133. The number of aryl methyl sites for hydroxylation is 2. The number of aliphatic hydroxyl groups is 1. The molecule has 0 fully saturated rings. The molecule has 4 heteroatoms. The molecule has 1 N–H and O–H groups in total.